The van der Waals surface area contributed by atoms with Gasteiger partial charge in [0, 0.05) is 31.6 Å². The van der Waals surface area contributed by atoms with Crippen LogP contribution in [0.4, 0.5) is 11.6 Å². The van der Waals surface area contributed by atoms with Gasteiger partial charge < -0.3 is 20.1 Å². The fourth-order valence-corrected chi connectivity index (χ4v) is 2.18. The van der Waals surface area contributed by atoms with Crippen molar-refractivity contribution in [2.75, 3.05) is 23.8 Å². The molecule has 1 unspecified atom stereocenters. The first-order valence-electron chi connectivity index (χ1n) is 7.10. The third-order valence-corrected chi connectivity index (χ3v) is 3.30. The number of rotatable bonds is 7. The van der Waals surface area contributed by atoms with E-state index in [1.54, 1.807) is 6.20 Å². The van der Waals surface area contributed by atoms with E-state index in [4.69, 9.17) is 0 Å². The van der Waals surface area contributed by atoms with Gasteiger partial charge in [0.05, 0.1) is 6.20 Å². The zero-order chi connectivity index (χ0) is 14.5. The molecule has 6 nitrogen and oxygen atoms in total. The van der Waals surface area contributed by atoms with Crippen molar-refractivity contribution in [3.63, 3.8) is 0 Å². The molecule has 0 amide bonds. The third-order valence-electron chi connectivity index (χ3n) is 3.30. The van der Waals surface area contributed by atoms with Crippen LogP contribution in [0, 0.1) is 5.92 Å². The van der Waals surface area contributed by atoms with Crippen LogP contribution in [-0.2, 0) is 0 Å². The van der Waals surface area contributed by atoms with Gasteiger partial charge in [-0.2, -0.15) is 0 Å². The number of nitrogens with one attached hydrogen (secondary N) is 2. The van der Waals surface area contributed by atoms with Crippen LogP contribution >= 0.6 is 0 Å². The van der Waals surface area contributed by atoms with E-state index >= 15 is 0 Å². The molecule has 0 bridgehead atoms. The van der Waals surface area contributed by atoms with Crippen LogP contribution in [0.2, 0.25) is 0 Å². The lowest BCUT2D eigenvalue weighted by atomic mass is 10.0. The van der Waals surface area contributed by atoms with E-state index in [0.29, 0.717) is 12.3 Å². The largest absolute Gasteiger partial charge is 0.396 e. The fourth-order valence-electron chi connectivity index (χ4n) is 2.18. The zero-order valence-electron chi connectivity index (χ0n) is 12.3. The molecule has 0 aliphatic heterocycles. The van der Waals surface area contributed by atoms with Gasteiger partial charge in [0.1, 0.15) is 5.82 Å². The molecule has 2 aromatic rings. The van der Waals surface area contributed by atoms with Crippen LogP contribution in [-0.4, -0.2) is 38.7 Å². The van der Waals surface area contributed by atoms with E-state index in [0.717, 1.165) is 23.8 Å². The number of imidazole rings is 1. The molecule has 0 aromatic carbocycles. The first-order chi connectivity index (χ1) is 9.65. The van der Waals surface area contributed by atoms with Gasteiger partial charge in [0.2, 0.25) is 0 Å². The number of aliphatic hydroxyl groups is 1. The van der Waals surface area contributed by atoms with Crippen molar-refractivity contribution in [3.05, 3.63) is 18.6 Å². The van der Waals surface area contributed by atoms with Crippen molar-refractivity contribution in [3.8, 4) is 0 Å². The highest BCUT2D eigenvalue weighted by Gasteiger charge is 2.16. The number of hydrogen-bond donors (Lipinski definition) is 3. The van der Waals surface area contributed by atoms with Crippen molar-refractivity contribution in [1.29, 1.82) is 0 Å². The van der Waals surface area contributed by atoms with E-state index in [1.165, 1.54) is 0 Å². The molecular weight excluding hydrogens is 254 g/mol. The molecule has 3 N–H and O–H groups in total. The monoisotopic (exact) mass is 277 g/mol. The second-order valence-corrected chi connectivity index (χ2v) is 5.17. The minimum absolute atomic E-state index is 0.160. The minimum atomic E-state index is 0.160. The van der Waals surface area contributed by atoms with Gasteiger partial charge >= 0.3 is 0 Å². The Kier molecular flexibility index (Phi) is 4.79. The molecule has 0 fully saturated rings. The topological polar surface area (TPSA) is 74.5 Å². The SMILES string of the molecule is CCNc1cn2ccnc2c(NC(CCO)C(C)C)n1. The summed E-state index contributed by atoms with van der Waals surface area (Å²) in [5.74, 6) is 1.97. The summed E-state index contributed by atoms with van der Waals surface area (Å²) < 4.78 is 1.95. The molecule has 20 heavy (non-hydrogen) atoms. The summed E-state index contributed by atoms with van der Waals surface area (Å²) >= 11 is 0. The van der Waals surface area contributed by atoms with Gasteiger partial charge in [0.15, 0.2) is 11.5 Å². The molecule has 6 heteroatoms. The molecule has 110 valence electrons. The number of aromatic nitrogens is 3. The molecule has 1 atom stereocenters. The molecular formula is C14H23N5O. The van der Waals surface area contributed by atoms with Gasteiger partial charge in [-0.3, -0.25) is 0 Å². The van der Waals surface area contributed by atoms with Gasteiger partial charge in [-0.05, 0) is 19.3 Å². The highest BCUT2D eigenvalue weighted by atomic mass is 16.3. The van der Waals surface area contributed by atoms with Gasteiger partial charge in [-0.15, -0.1) is 0 Å². The lowest BCUT2D eigenvalue weighted by molar-refractivity contribution is 0.267. The Morgan fingerprint density at radius 2 is 2.20 bits per heavy atom. The van der Waals surface area contributed by atoms with Crippen LogP contribution in [0.25, 0.3) is 5.65 Å². The maximum absolute atomic E-state index is 9.18. The van der Waals surface area contributed by atoms with Gasteiger partial charge in [-0.25, -0.2) is 9.97 Å². The summed E-state index contributed by atoms with van der Waals surface area (Å²) in [6.45, 7) is 7.27. The summed E-state index contributed by atoms with van der Waals surface area (Å²) in [4.78, 5) is 8.92. The zero-order valence-corrected chi connectivity index (χ0v) is 12.3. The van der Waals surface area contributed by atoms with Crippen molar-refractivity contribution in [2.45, 2.75) is 33.2 Å². The van der Waals surface area contributed by atoms with E-state index in [1.807, 2.05) is 23.7 Å². The molecule has 0 saturated heterocycles. The summed E-state index contributed by atoms with van der Waals surface area (Å²) in [5, 5.41) is 15.8. The van der Waals surface area contributed by atoms with E-state index < -0.39 is 0 Å². The number of hydrogen-bond acceptors (Lipinski definition) is 5. The first-order valence-corrected chi connectivity index (χ1v) is 7.10. The van der Waals surface area contributed by atoms with Crippen LogP contribution in [0.15, 0.2) is 18.6 Å². The third kappa shape index (κ3) is 3.19. The average Bonchev–Trinajstić information content (AvgIpc) is 2.86. The van der Waals surface area contributed by atoms with Crippen molar-refractivity contribution in [2.24, 2.45) is 5.92 Å². The number of nitrogens with zero attached hydrogens (tertiary/aromatic N) is 3. The molecule has 0 aliphatic rings. The lowest BCUT2D eigenvalue weighted by Crippen LogP contribution is -2.27. The van der Waals surface area contributed by atoms with E-state index in [2.05, 4.69) is 34.4 Å². The molecule has 0 aliphatic carbocycles. The number of fused-ring (bicyclic) bond motifs is 1. The Hall–Kier alpha value is -1.82. The molecule has 2 heterocycles. The molecule has 0 spiro atoms. The normalized spacial score (nSPS) is 12.8. The maximum Gasteiger partial charge on any atom is 0.180 e. The second-order valence-electron chi connectivity index (χ2n) is 5.17. The summed E-state index contributed by atoms with van der Waals surface area (Å²) in [7, 11) is 0. The van der Waals surface area contributed by atoms with E-state index in [-0.39, 0.29) is 12.6 Å². The standard InChI is InChI=1S/C14H23N5O/c1-4-15-12-9-19-7-6-16-14(19)13(18-12)17-11(5-8-20)10(2)3/h6-7,9-11,15,20H,4-5,8H2,1-3H3,(H,17,18). The smallest absolute Gasteiger partial charge is 0.180 e. The lowest BCUT2D eigenvalue weighted by Gasteiger charge is -2.22. The van der Waals surface area contributed by atoms with Crippen molar-refractivity contribution < 1.29 is 5.11 Å². The van der Waals surface area contributed by atoms with Crippen molar-refractivity contribution in [1.82, 2.24) is 14.4 Å². The first kappa shape index (κ1) is 14.6. The molecule has 2 rings (SSSR count). The highest BCUT2D eigenvalue weighted by molar-refractivity contribution is 5.65. The predicted octanol–water partition coefficient (Wildman–Crippen LogP) is 1.98. The fraction of sp³-hybridized carbons (Fsp3) is 0.571. The highest BCUT2D eigenvalue weighted by Crippen LogP contribution is 2.20. The minimum Gasteiger partial charge on any atom is -0.396 e. The summed E-state index contributed by atoms with van der Waals surface area (Å²) in [5.41, 5.74) is 0.801. The Labute approximate surface area is 119 Å². The average molecular weight is 277 g/mol. The van der Waals surface area contributed by atoms with Gasteiger partial charge in [0.25, 0.3) is 0 Å². The number of aliphatic hydroxyl groups excluding tert-OH is 1. The Balaban J connectivity index is 2.33. The Morgan fingerprint density at radius 3 is 2.85 bits per heavy atom. The Morgan fingerprint density at radius 1 is 1.40 bits per heavy atom. The number of anilines is 2. The Bertz CT molecular complexity index is 551. The molecule has 0 radical (unpaired) electrons. The predicted molar refractivity (Wildman–Crippen MR) is 81.1 cm³/mol. The summed E-state index contributed by atoms with van der Waals surface area (Å²) in [6, 6.07) is 0.171. The second kappa shape index (κ2) is 6.56. The van der Waals surface area contributed by atoms with Crippen LogP contribution in [0.3, 0.4) is 0 Å². The van der Waals surface area contributed by atoms with Crippen LogP contribution in [0.5, 0.6) is 0 Å². The maximum atomic E-state index is 9.18. The molecule has 2 aromatic heterocycles. The van der Waals surface area contributed by atoms with Crippen molar-refractivity contribution >= 4 is 17.3 Å². The summed E-state index contributed by atoms with van der Waals surface area (Å²) in [6.07, 6.45) is 6.28. The van der Waals surface area contributed by atoms with Crippen LogP contribution < -0.4 is 10.6 Å². The van der Waals surface area contributed by atoms with Crippen LogP contribution in [0.1, 0.15) is 27.2 Å². The van der Waals surface area contributed by atoms with E-state index in [9.17, 15) is 5.11 Å². The quantitative estimate of drug-likeness (QED) is 0.721. The van der Waals surface area contributed by atoms with Gasteiger partial charge in [-0.1, -0.05) is 13.8 Å². The molecule has 0 saturated carbocycles.